The van der Waals surface area contributed by atoms with E-state index in [0.717, 1.165) is 30.3 Å². The van der Waals surface area contributed by atoms with Crippen molar-refractivity contribution in [3.05, 3.63) is 85.5 Å². The van der Waals surface area contributed by atoms with Gasteiger partial charge in [-0.3, -0.25) is 9.59 Å². The standard InChI is InChI=1S/C25H11Br2F10NO4/c26-14-8-12(22(29,23(30,31)32)24(33,34)35)9-15(27)20(14)38-21(40)13-3-1-2-11(19(13)28)6-16(39)10-4-5-17-18(7-10)42-25(36,37)41-17/h1-5,7-9H,6H2,(H,38,40). The zero-order valence-electron chi connectivity index (χ0n) is 20.0. The second-order valence-corrected chi connectivity index (χ2v) is 10.3. The van der Waals surface area contributed by atoms with Crippen molar-refractivity contribution in [2.45, 2.75) is 30.7 Å². The van der Waals surface area contributed by atoms with Crippen LogP contribution >= 0.6 is 31.9 Å². The van der Waals surface area contributed by atoms with Crippen LogP contribution in [0.4, 0.5) is 49.6 Å². The minimum absolute atomic E-state index is 0.154. The topological polar surface area (TPSA) is 64.6 Å². The van der Waals surface area contributed by atoms with E-state index in [1.54, 1.807) is 0 Å². The number of carbonyl (C=O) groups is 2. The highest BCUT2D eigenvalue weighted by atomic mass is 79.9. The molecule has 42 heavy (non-hydrogen) atoms. The normalized spacial score (nSPS) is 14.6. The lowest BCUT2D eigenvalue weighted by molar-refractivity contribution is -0.348. The predicted octanol–water partition coefficient (Wildman–Crippen LogP) is 8.64. The van der Waals surface area contributed by atoms with Crippen LogP contribution < -0.4 is 14.8 Å². The summed E-state index contributed by atoms with van der Waals surface area (Å²) >= 11 is 5.39. The number of alkyl halides is 9. The maximum absolute atomic E-state index is 15.2. The number of hydrogen-bond acceptors (Lipinski definition) is 4. The molecule has 1 amide bonds. The first kappa shape index (κ1) is 31.6. The summed E-state index contributed by atoms with van der Waals surface area (Å²) in [5.74, 6) is -3.98. The van der Waals surface area contributed by atoms with E-state index in [4.69, 9.17) is 0 Å². The van der Waals surface area contributed by atoms with E-state index in [2.05, 4.69) is 46.7 Å². The van der Waals surface area contributed by atoms with Gasteiger partial charge in [0.25, 0.3) is 5.91 Å². The van der Waals surface area contributed by atoms with Crippen LogP contribution in [-0.2, 0) is 12.1 Å². The van der Waals surface area contributed by atoms with Crippen LogP contribution in [0.1, 0.15) is 31.8 Å². The Labute approximate surface area is 245 Å². The highest BCUT2D eigenvalue weighted by Gasteiger charge is 2.73. The number of ketones is 1. The molecule has 1 aliphatic rings. The Kier molecular flexibility index (Phi) is 8.08. The summed E-state index contributed by atoms with van der Waals surface area (Å²) in [6.07, 6.45) is -17.4. The molecule has 17 heteroatoms. The van der Waals surface area contributed by atoms with Gasteiger partial charge >= 0.3 is 24.3 Å². The fourth-order valence-electron chi connectivity index (χ4n) is 3.85. The van der Waals surface area contributed by atoms with Gasteiger partial charge in [-0.15, -0.1) is 8.78 Å². The van der Waals surface area contributed by atoms with Crippen molar-refractivity contribution < 1.29 is 63.0 Å². The summed E-state index contributed by atoms with van der Waals surface area (Å²) in [6.45, 7) is 0. The maximum atomic E-state index is 15.2. The molecule has 0 aromatic heterocycles. The monoisotopic (exact) mass is 737 g/mol. The van der Waals surface area contributed by atoms with Crippen LogP contribution in [0.25, 0.3) is 0 Å². The Morgan fingerprint density at radius 3 is 1.98 bits per heavy atom. The van der Waals surface area contributed by atoms with Gasteiger partial charge in [-0.2, -0.15) is 26.3 Å². The number of nitrogens with one attached hydrogen (secondary N) is 1. The molecule has 1 N–H and O–H groups in total. The first-order valence-corrected chi connectivity index (χ1v) is 12.7. The number of Topliss-reactive ketones (excluding diaryl/α,β-unsaturated/α-hetero) is 1. The molecule has 5 nitrogen and oxygen atoms in total. The van der Waals surface area contributed by atoms with Crippen LogP contribution in [0, 0.1) is 5.82 Å². The van der Waals surface area contributed by atoms with Crippen molar-refractivity contribution in [2.75, 3.05) is 5.32 Å². The van der Waals surface area contributed by atoms with Gasteiger partial charge in [-0.25, -0.2) is 8.78 Å². The van der Waals surface area contributed by atoms with Gasteiger partial charge in [-0.1, -0.05) is 12.1 Å². The largest absolute Gasteiger partial charge is 0.586 e. The molecule has 0 unspecified atom stereocenters. The number of fused-ring (bicyclic) bond motifs is 1. The molecule has 1 heterocycles. The minimum atomic E-state index is -6.39. The summed E-state index contributed by atoms with van der Waals surface area (Å²) in [7, 11) is 0. The molecule has 0 spiro atoms. The van der Waals surface area contributed by atoms with Crippen molar-refractivity contribution in [2.24, 2.45) is 0 Å². The third-order valence-corrected chi connectivity index (χ3v) is 7.11. The van der Waals surface area contributed by atoms with E-state index >= 15 is 4.39 Å². The van der Waals surface area contributed by atoms with Crippen molar-refractivity contribution in [3.8, 4) is 11.5 Å². The molecular weight excluding hydrogens is 728 g/mol. The smallest absolute Gasteiger partial charge is 0.395 e. The Hall–Kier alpha value is -3.34. The van der Waals surface area contributed by atoms with Crippen LogP contribution in [0.3, 0.4) is 0 Å². The van der Waals surface area contributed by atoms with Gasteiger partial charge < -0.3 is 14.8 Å². The molecule has 224 valence electrons. The zero-order valence-corrected chi connectivity index (χ0v) is 23.2. The van der Waals surface area contributed by atoms with Gasteiger partial charge in [0, 0.05) is 26.5 Å². The van der Waals surface area contributed by atoms with Crippen molar-refractivity contribution in [1.82, 2.24) is 0 Å². The molecule has 3 aromatic rings. The van der Waals surface area contributed by atoms with Gasteiger partial charge in [0.15, 0.2) is 17.3 Å². The van der Waals surface area contributed by atoms with Crippen molar-refractivity contribution >= 4 is 49.2 Å². The summed E-state index contributed by atoms with van der Waals surface area (Å²) in [5.41, 5.74) is -9.22. The summed E-state index contributed by atoms with van der Waals surface area (Å²) < 4.78 is 142. The minimum Gasteiger partial charge on any atom is -0.395 e. The van der Waals surface area contributed by atoms with E-state index < -0.39 is 79.8 Å². The molecule has 4 rings (SSSR count). The lowest BCUT2D eigenvalue weighted by atomic mass is 9.94. The number of benzene rings is 3. The average molecular weight is 739 g/mol. The lowest BCUT2D eigenvalue weighted by Gasteiger charge is -2.31. The van der Waals surface area contributed by atoms with Crippen LogP contribution in [0.15, 0.2) is 57.5 Å². The van der Waals surface area contributed by atoms with E-state index in [-0.39, 0.29) is 29.0 Å². The van der Waals surface area contributed by atoms with Crippen LogP contribution in [0.2, 0.25) is 0 Å². The third-order valence-electron chi connectivity index (χ3n) is 5.86. The SMILES string of the molecule is O=C(Cc1cccc(C(=O)Nc2c(Br)cc(C(F)(C(F)(F)F)C(F)(F)F)cc2Br)c1F)c1ccc2c(c1)OC(F)(F)O2. The zero-order chi connectivity index (χ0) is 31.4. The number of rotatable bonds is 6. The number of ether oxygens (including phenoxy) is 2. The molecule has 0 bridgehead atoms. The molecule has 0 aliphatic carbocycles. The number of anilines is 1. The summed E-state index contributed by atoms with van der Waals surface area (Å²) in [5, 5.41) is 2.10. The van der Waals surface area contributed by atoms with E-state index in [0.29, 0.717) is 0 Å². The predicted molar refractivity (Wildman–Crippen MR) is 132 cm³/mol. The summed E-state index contributed by atoms with van der Waals surface area (Å²) in [6, 6.07) is 6.73. The van der Waals surface area contributed by atoms with Gasteiger partial charge in [-0.05, 0) is 73.8 Å². The van der Waals surface area contributed by atoms with Crippen LogP contribution in [-0.4, -0.2) is 30.3 Å². The second-order valence-electron chi connectivity index (χ2n) is 8.63. The molecule has 3 aromatic carbocycles. The first-order chi connectivity index (χ1) is 19.2. The van der Waals surface area contributed by atoms with Gasteiger partial charge in [0.2, 0.25) is 0 Å². The quantitative estimate of drug-likeness (QED) is 0.203. The van der Waals surface area contributed by atoms with Crippen molar-refractivity contribution in [1.29, 1.82) is 0 Å². The molecule has 0 radical (unpaired) electrons. The van der Waals surface area contributed by atoms with E-state index in [1.165, 1.54) is 6.07 Å². The maximum Gasteiger partial charge on any atom is 0.586 e. The van der Waals surface area contributed by atoms with Crippen LogP contribution in [0.5, 0.6) is 11.5 Å². The Morgan fingerprint density at radius 2 is 1.40 bits per heavy atom. The van der Waals surface area contributed by atoms with Gasteiger partial charge in [0.05, 0.1) is 11.3 Å². The fourth-order valence-corrected chi connectivity index (χ4v) is 5.23. The molecular formula is C25H11Br2F10NO4. The average Bonchev–Trinajstić information content (AvgIpc) is 3.18. The van der Waals surface area contributed by atoms with E-state index in [9.17, 15) is 49.1 Å². The third kappa shape index (κ3) is 5.80. The molecule has 0 atom stereocenters. The van der Waals surface area contributed by atoms with Gasteiger partial charge in [0.1, 0.15) is 5.82 Å². The lowest BCUT2D eigenvalue weighted by Crippen LogP contribution is -2.50. The highest BCUT2D eigenvalue weighted by molar-refractivity contribution is 9.11. The van der Waals surface area contributed by atoms with Crippen molar-refractivity contribution in [3.63, 3.8) is 0 Å². The highest BCUT2D eigenvalue weighted by Crippen LogP contribution is 2.54. The van der Waals surface area contributed by atoms with E-state index in [1.807, 2.05) is 0 Å². The molecule has 0 saturated carbocycles. The second kappa shape index (κ2) is 10.7. The number of carbonyl (C=O) groups excluding carboxylic acids is 2. The number of hydrogen-bond donors (Lipinski definition) is 1. The summed E-state index contributed by atoms with van der Waals surface area (Å²) in [4.78, 5) is 25.5. The Morgan fingerprint density at radius 1 is 0.833 bits per heavy atom. The Balaban J connectivity index is 1.58. The Bertz CT molecular complexity index is 1550. The molecule has 0 saturated heterocycles. The first-order valence-electron chi connectivity index (χ1n) is 11.1. The number of amides is 1. The molecule has 0 fully saturated rings. The number of halogens is 12. The fraction of sp³-hybridized carbons (Fsp3) is 0.200. The molecule has 1 aliphatic heterocycles.